The highest BCUT2D eigenvalue weighted by Gasteiger charge is 2.18. The molecule has 0 atom stereocenters. The number of nitrogens with zero attached hydrogens (tertiary/aromatic N) is 2. The lowest BCUT2D eigenvalue weighted by Crippen LogP contribution is -2.02. The highest BCUT2D eigenvalue weighted by atomic mass is 79.9. The summed E-state index contributed by atoms with van der Waals surface area (Å²) in [6.45, 7) is 0. The van der Waals surface area contributed by atoms with Crippen molar-refractivity contribution >= 4 is 44.8 Å². The first-order valence-corrected chi connectivity index (χ1v) is 7.89. The van der Waals surface area contributed by atoms with Crippen molar-refractivity contribution in [1.29, 1.82) is 0 Å². The van der Waals surface area contributed by atoms with Gasteiger partial charge >= 0.3 is 5.97 Å². The van der Waals surface area contributed by atoms with E-state index in [2.05, 4.69) is 21.0 Å². The quantitative estimate of drug-likeness (QED) is 0.712. The van der Waals surface area contributed by atoms with E-state index in [1.54, 1.807) is 16.8 Å². The molecule has 0 unspecified atom stereocenters. The maximum absolute atomic E-state index is 11.2. The minimum Gasteiger partial charge on any atom is -0.476 e. The van der Waals surface area contributed by atoms with Crippen LogP contribution >= 0.6 is 38.9 Å². The van der Waals surface area contributed by atoms with Crippen LogP contribution in [0.4, 0.5) is 0 Å². The van der Waals surface area contributed by atoms with Gasteiger partial charge in [-0.15, -0.1) is 11.3 Å². The minimum atomic E-state index is -1.07. The first-order chi connectivity index (χ1) is 10.1. The number of hydrogen-bond donors (Lipinski definition) is 1. The summed E-state index contributed by atoms with van der Waals surface area (Å²) < 4.78 is 3.08. The van der Waals surface area contributed by atoms with Gasteiger partial charge < -0.3 is 5.11 Å². The number of carboxylic acid groups (broad SMARTS) is 1. The normalized spacial score (nSPS) is 10.8. The molecule has 0 radical (unpaired) electrons. The van der Waals surface area contributed by atoms with Crippen LogP contribution in [-0.2, 0) is 0 Å². The van der Waals surface area contributed by atoms with E-state index < -0.39 is 5.97 Å². The molecule has 0 bridgehead atoms. The van der Waals surface area contributed by atoms with Gasteiger partial charge in [0.15, 0.2) is 5.69 Å². The highest BCUT2D eigenvalue weighted by molar-refractivity contribution is 9.10. The van der Waals surface area contributed by atoms with E-state index in [-0.39, 0.29) is 5.69 Å². The summed E-state index contributed by atoms with van der Waals surface area (Å²) in [5.74, 6) is -1.07. The molecular formula is C14H8BrClN2O2S. The van der Waals surface area contributed by atoms with Crippen LogP contribution in [0.3, 0.4) is 0 Å². The van der Waals surface area contributed by atoms with Crippen molar-refractivity contribution in [1.82, 2.24) is 9.78 Å². The molecule has 0 amide bonds. The van der Waals surface area contributed by atoms with Gasteiger partial charge in [0.05, 0.1) is 20.6 Å². The Labute approximate surface area is 137 Å². The Balaban J connectivity index is 2.24. The number of hydrogen-bond acceptors (Lipinski definition) is 3. The summed E-state index contributed by atoms with van der Waals surface area (Å²) in [4.78, 5) is 12.1. The number of thiophene rings is 1. The molecule has 0 fully saturated rings. The first-order valence-electron chi connectivity index (χ1n) is 5.90. The van der Waals surface area contributed by atoms with Crippen LogP contribution in [0.15, 0.2) is 46.9 Å². The molecule has 3 aromatic rings. The van der Waals surface area contributed by atoms with Gasteiger partial charge in [0.1, 0.15) is 0 Å². The Morgan fingerprint density at radius 3 is 2.67 bits per heavy atom. The van der Waals surface area contributed by atoms with Gasteiger partial charge in [-0.3, -0.25) is 0 Å². The number of carboxylic acids is 1. The van der Waals surface area contributed by atoms with E-state index in [0.717, 1.165) is 15.0 Å². The Morgan fingerprint density at radius 2 is 2.05 bits per heavy atom. The minimum absolute atomic E-state index is 0.00900. The summed E-state index contributed by atoms with van der Waals surface area (Å²) in [5.41, 5.74) is 1.45. The van der Waals surface area contributed by atoms with Gasteiger partial charge in [0.25, 0.3) is 0 Å². The Morgan fingerprint density at radius 1 is 1.29 bits per heavy atom. The number of aromatic carboxylic acids is 1. The van der Waals surface area contributed by atoms with E-state index in [1.165, 1.54) is 11.3 Å². The third-order valence-corrected chi connectivity index (χ3v) is 4.76. The molecule has 2 heterocycles. The van der Waals surface area contributed by atoms with Crippen molar-refractivity contribution in [2.24, 2.45) is 0 Å². The Bertz CT molecular complexity index is 828. The Kier molecular flexibility index (Phi) is 3.84. The maximum atomic E-state index is 11.2. The third kappa shape index (κ3) is 2.74. The molecule has 21 heavy (non-hydrogen) atoms. The zero-order valence-corrected chi connectivity index (χ0v) is 13.6. The monoisotopic (exact) mass is 382 g/mol. The lowest BCUT2D eigenvalue weighted by Gasteiger charge is -2.07. The number of benzene rings is 1. The van der Waals surface area contributed by atoms with Crippen LogP contribution in [0.1, 0.15) is 10.5 Å². The zero-order valence-electron chi connectivity index (χ0n) is 10.5. The van der Waals surface area contributed by atoms with Crippen LogP contribution in [0.25, 0.3) is 16.3 Å². The van der Waals surface area contributed by atoms with E-state index in [0.29, 0.717) is 10.0 Å². The maximum Gasteiger partial charge on any atom is 0.356 e. The second kappa shape index (κ2) is 5.63. The fraction of sp³-hybridized carbons (Fsp3) is 0. The van der Waals surface area contributed by atoms with Crippen molar-refractivity contribution < 1.29 is 9.90 Å². The molecule has 7 heteroatoms. The number of aromatic nitrogens is 2. The molecule has 106 valence electrons. The predicted octanol–water partition coefficient (Wildman–Crippen LogP) is 4.71. The summed E-state index contributed by atoms with van der Waals surface area (Å²) in [6, 6.07) is 12.7. The fourth-order valence-electron chi connectivity index (χ4n) is 1.92. The molecule has 0 saturated heterocycles. The molecule has 0 saturated carbocycles. The third-order valence-electron chi connectivity index (χ3n) is 2.83. The van der Waals surface area contributed by atoms with E-state index in [1.807, 2.05) is 30.3 Å². The fourth-order valence-corrected chi connectivity index (χ4v) is 3.42. The van der Waals surface area contributed by atoms with Gasteiger partial charge in [-0.2, -0.15) is 5.10 Å². The largest absolute Gasteiger partial charge is 0.476 e. The van der Waals surface area contributed by atoms with Crippen LogP contribution in [-0.4, -0.2) is 20.9 Å². The molecular weight excluding hydrogens is 376 g/mol. The van der Waals surface area contributed by atoms with Gasteiger partial charge in [0.2, 0.25) is 0 Å². The average Bonchev–Trinajstić information content (AvgIpc) is 3.05. The van der Waals surface area contributed by atoms with Gasteiger partial charge in [-0.25, -0.2) is 9.48 Å². The van der Waals surface area contributed by atoms with Gasteiger partial charge in [0, 0.05) is 10.5 Å². The molecule has 2 aromatic heterocycles. The lowest BCUT2D eigenvalue weighted by atomic mass is 10.3. The number of halogens is 2. The number of para-hydroxylation sites is 1. The predicted molar refractivity (Wildman–Crippen MR) is 86.5 cm³/mol. The molecule has 0 aliphatic carbocycles. The van der Waals surface area contributed by atoms with Crippen molar-refractivity contribution in [2.75, 3.05) is 0 Å². The summed E-state index contributed by atoms with van der Waals surface area (Å²) in [5, 5.41) is 13.4. The molecule has 1 aromatic carbocycles. The topological polar surface area (TPSA) is 55.1 Å². The molecule has 3 rings (SSSR count). The molecule has 0 spiro atoms. The van der Waals surface area contributed by atoms with E-state index in [4.69, 9.17) is 11.6 Å². The van der Waals surface area contributed by atoms with Gasteiger partial charge in [-0.05, 0) is 40.2 Å². The molecule has 4 nitrogen and oxygen atoms in total. The standard InChI is InChI=1S/C14H8BrClN2O2S/c15-8-3-1-2-4-10(8)18-11(7-9(17-18)14(19)20)12-5-6-13(16)21-12/h1-7H,(H,19,20). The summed E-state index contributed by atoms with van der Waals surface area (Å²) in [6.07, 6.45) is 0. The van der Waals surface area contributed by atoms with Crippen molar-refractivity contribution in [2.45, 2.75) is 0 Å². The van der Waals surface area contributed by atoms with Crippen LogP contribution < -0.4 is 0 Å². The van der Waals surface area contributed by atoms with Crippen LogP contribution in [0.5, 0.6) is 0 Å². The smallest absolute Gasteiger partial charge is 0.356 e. The highest BCUT2D eigenvalue weighted by Crippen LogP contribution is 2.34. The summed E-state index contributed by atoms with van der Waals surface area (Å²) >= 11 is 10.8. The molecule has 1 N–H and O–H groups in total. The zero-order chi connectivity index (χ0) is 15.0. The number of rotatable bonds is 3. The first kappa shape index (κ1) is 14.3. The number of carbonyl (C=O) groups is 1. The van der Waals surface area contributed by atoms with E-state index >= 15 is 0 Å². The Hall–Kier alpha value is -1.63. The van der Waals surface area contributed by atoms with Crippen LogP contribution in [0.2, 0.25) is 4.34 Å². The van der Waals surface area contributed by atoms with Crippen LogP contribution in [0, 0.1) is 0 Å². The molecule has 0 aliphatic rings. The van der Waals surface area contributed by atoms with Crippen molar-refractivity contribution in [3.8, 4) is 16.3 Å². The van der Waals surface area contributed by atoms with E-state index in [9.17, 15) is 9.90 Å². The SMILES string of the molecule is O=C(O)c1cc(-c2ccc(Cl)s2)n(-c2ccccc2Br)n1. The van der Waals surface area contributed by atoms with Crippen molar-refractivity contribution in [3.05, 3.63) is 57.0 Å². The van der Waals surface area contributed by atoms with Crippen molar-refractivity contribution in [3.63, 3.8) is 0 Å². The second-order valence-electron chi connectivity index (χ2n) is 4.19. The molecule has 0 aliphatic heterocycles. The van der Waals surface area contributed by atoms with Gasteiger partial charge in [-0.1, -0.05) is 23.7 Å². The lowest BCUT2D eigenvalue weighted by molar-refractivity contribution is 0.0690. The summed E-state index contributed by atoms with van der Waals surface area (Å²) in [7, 11) is 0. The average molecular weight is 384 g/mol. The second-order valence-corrected chi connectivity index (χ2v) is 6.76.